The largest absolute Gasteiger partial charge is 0.492 e. The number of benzene rings is 1. The Hall–Kier alpha value is -0.735. The quantitative estimate of drug-likeness (QED) is 0.619. The van der Waals surface area contributed by atoms with Gasteiger partial charge < -0.3 is 14.2 Å². The highest BCUT2D eigenvalue weighted by Gasteiger charge is 2.41. The van der Waals surface area contributed by atoms with Crippen LogP contribution in [0.4, 0.5) is 5.69 Å². The molecule has 0 N–H and O–H groups in total. The third-order valence-corrected chi connectivity index (χ3v) is 3.15. The van der Waals surface area contributed by atoms with Gasteiger partial charge in [-0.3, -0.25) is 0 Å². The molecule has 3 nitrogen and oxygen atoms in total. The minimum atomic E-state index is -1.51. The van der Waals surface area contributed by atoms with E-state index < -0.39 is 24.3 Å². The van der Waals surface area contributed by atoms with Gasteiger partial charge in [-0.25, -0.2) is 0 Å². The lowest BCUT2D eigenvalue weighted by Crippen LogP contribution is -2.59. The Bertz CT molecular complexity index is 439. The summed E-state index contributed by atoms with van der Waals surface area (Å²) < 4.78 is 10.9. The summed E-state index contributed by atoms with van der Waals surface area (Å²) in [7, 11) is 26.3. The van der Waals surface area contributed by atoms with Gasteiger partial charge in [0.2, 0.25) is 0 Å². The van der Waals surface area contributed by atoms with E-state index in [1.165, 1.54) is 0 Å². The van der Waals surface area contributed by atoms with Gasteiger partial charge in [-0.15, -0.1) is 0 Å². The van der Waals surface area contributed by atoms with E-state index in [1.54, 1.807) is 0 Å². The normalized spacial score (nSPS) is 26.1. The molecule has 1 aliphatic heterocycles. The summed E-state index contributed by atoms with van der Waals surface area (Å²) >= 11 is 0. The number of rotatable bonds is 2. The van der Waals surface area contributed by atoms with Gasteiger partial charge in [-0.05, 0) is 29.0 Å². The molecule has 0 aromatic heterocycles. The molecule has 2 unspecified atom stereocenters. The van der Waals surface area contributed by atoms with E-state index in [9.17, 15) is 0 Å². The first-order valence-electron chi connectivity index (χ1n) is 6.01. The van der Waals surface area contributed by atoms with E-state index in [0.717, 1.165) is 11.2 Å². The molecule has 2 atom stereocenters. The van der Waals surface area contributed by atoms with Gasteiger partial charge in [0.1, 0.15) is 7.85 Å². The van der Waals surface area contributed by atoms with Crippen molar-refractivity contribution in [1.82, 2.24) is 0 Å². The highest BCUT2D eigenvalue weighted by atomic mass is 16.6. The molecule has 0 aliphatic carbocycles. The van der Waals surface area contributed by atoms with Gasteiger partial charge >= 0.3 is 7.12 Å². The maximum absolute atomic E-state index is 5.78. The van der Waals surface area contributed by atoms with Crippen molar-refractivity contribution in [2.24, 2.45) is 0 Å². The van der Waals surface area contributed by atoms with Crippen molar-refractivity contribution >= 4 is 49.7 Å². The predicted molar refractivity (Wildman–Crippen MR) is 81.6 cm³/mol. The molecular formula is C11H12B5NO2. The molecule has 0 spiro atoms. The SMILES string of the molecule is [B]C1OB(c2ccc(N(C)C)cc2)OC([B])([B])C1[B]. The Morgan fingerprint density at radius 3 is 2.21 bits per heavy atom. The summed E-state index contributed by atoms with van der Waals surface area (Å²) in [4.78, 5) is 1.99. The Balaban J connectivity index is 2.18. The Morgan fingerprint density at radius 2 is 1.74 bits per heavy atom. The lowest BCUT2D eigenvalue weighted by Gasteiger charge is -2.46. The fourth-order valence-electron chi connectivity index (χ4n) is 1.85. The average molecular weight is 244 g/mol. The minimum absolute atomic E-state index is 0.721. The summed E-state index contributed by atoms with van der Waals surface area (Å²) in [5.41, 5.74) is 1.85. The van der Waals surface area contributed by atoms with Crippen LogP contribution < -0.4 is 10.4 Å². The van der Waals surface area contributed by atoms with E-state index in [1.807, 2.05) is 43.3 Å². The molecule has 19 heavy (non-hydrogen) atoms. The third-order valence-electron chi connectivity index (χ3n) is 3.15. The molecule has 1 heterocycles. The lowest BCUT2D eigenvalue weighted by molar-refractivity contribution is 0.0770. The Morgan fingerprint density at radius 1 is 1.16 bits per heavy atom. The zero-order valence-corrected chi connectivity index (χ0v) is 11.1. The first-order chi connectivity index (χ1) is 8.81. The molecule has 8 radical (unpaired) electrons. The number of nitrogens with zero attached hydrogens (tertiary/aromatic N) is 1. The van der Waals surface area contributed by atoms with E-state index in [-0.39, 0.29) is 0 Å². The van der Waals surface area contributed by atoms with Crippen LogP contribution in [0.3, 0.4) is 0 Å². The number of anilines is 1. The van der Waals surface area contributed by atoms with Crippen molar-refractivity contribution in [2.75, 3.05) is 19.0 Å². The van der Waals surface area contributed by atoms with Gasteiger partial charge in [0, 0.05) is 19.8 Å². The standard InChI is InChI=1S/C11H12B5NO2/c1-17(2)8-5-3-7(4-6-8)16-18-10(13)9(12)11(14,15)19-16/h3-6,9-10H,1-2H3. The van der Waals surface area contributed by atoms with Crippen LogP contribution in [0.1, 0.15) is 0 Å². The lowest BCUT2D eigenvalue weighted by atomic mass is 9.46. The van der Waals surface area contributed by atoms with Crippen LogP contribution in [-0.4, -0.2) is 64.0 Å². The molecule has 1 aliphatic rings. The second-order valence-electron chi connectivity index (χ2n) is 4.92. The average Bonchev–Trinajstić information content (AvgIpc) is 2.35. The van der Waals surface area contributed by atoms with E-state index >= 15 is 0 Å². The first-order valence-corrected chi connectivity index (χ1v) is 6.01. The number of hydrogen-bond acceptors (Lipinski definition) is 3. The summed E-state index contributed by atoms with van der Waals surface area (Å²) in [6.45, 7) is 0. The van der Waals surface area contributed by atoms with E-state index in [4.69, 9.17) is 40.7 Å². The van der Waals surface area contributed by atoms with Crippen LogP contribution in [0.5, 0.6) is 0 Å². The van der Waals surface area contributed by atoms with Gasteiger partial charge in [-0.1, -0.05) is 17.9 Å². The van der Waals surface area contributed by atoms with Gasteiger partial charge in [0.15, 0.2) is 0 Å². The Labute approximate surface area is 120 Å². The molecule has 1 saturated heterocycles. The monoisotopic (exact) mass is 245 g/mol. The molecule has 88 valence electrons. The van der Waals surface area contributed by atoms with Crippen molar-refractivity contribution in [1.29, 1.82) is 0 Å². The second-order valence-corrected chi connectivity index (χ2v) is 4.92. The highest BCUT2D eigenvalue weighted by Crippen LogP contribution is 2.29. The summed E-state index contributed by atoms with van der Waals surface area (Å²) in [5.74, 6) is -0.787. The molecular weight excluding hydrogens is 232 g/mol. The maximum atomic E-state index is 5.78. The summed E-state index contributed by atoms with van der Waals surface area (Å²) in [5, 5.41) is -1.51. The summed E-state index contributed by atoms with van der Waals surface area (Å²) in [6, 6.07) is 6.86. The zero-order valence-electron chi connectivity index (χ0n) is 11.1. The van der Waals surface area contributed by atoms with Crippen LogP contribution >= 0.6 is 0 Å². The van der Waals surface area contributed by atoms with E-state index in [2.05, 4.69) is 0 Å². The third kappa shape index (κ3) is 3.06. The first kappa shape index (κ1) is 14.7. The molecule has 0 saturated carbocycles. The fourth-order valence-corrected chi connectivity index (χ4v) is 1.85. The molecule has 8 heteroatoms. The predicted octanol–water partition coefficient (Wildman–Crippen LogP) is -1.06. The molecule has 1 aromatic carbocycles. The van der Waals surface area contributed by atoms with Crippen LogP contribution in [0.25, 0.3) is 0 Å². The maximum Gasteiger partial charge on any atom is 0.492 e. The van der Waals surface area contributed by atoms with Crippen LogP contribution in [0, 0.1) is 0 Å². The Kier molecular flexibility index (Phi) is 4.12. The smallest absolute Gasteiger partial charge is 0.420 e. The van der Waals surface area contributed by atoms with Crippen molar-refractivity contribution < 1.29 is 9.31 Å². The molecule has 1 aromatic rings. The van der Waals surface area contributed by atoms with Gasteiger partial charge in [0.05, 0.1) is 23.5 Å². The number of hydrogen-bond donors (Lipinski definition) is 0. The molecule has 1 fully saturated rings. The van der Waals surface area contributed by atoms with Gasteiger partial charge in [0.25, 0.3) is 0 Å². The van der Waals surface area contributed by atoms with Crippen LogP contribution in [0.2, 0.25) is 5.82 Å². The molecule has 0 bridgehead atoms. The van der Waals surface area contributed by atoms with Crippen LogP contribution in [0.15, 0.2) is 24.3 Å². The highest BCUT2D eigenvalue weighted by molar-refractivity contribution is 6.64. The zero-order chi connectivity index (χ0) is 14.2. The van der Waals surface area contributed by atoms with Crippen molar-refractivity contribution in [3.8, 4) is 0 Å². The van der Waals surface area contributed by atoms with E-state index in [0.29, 0.717) is 0 Å². The van der Waals surface area contributed by atoms with Crippen molar-refractivity contribution in [3.63, 3.8) is 0 Å². The minimum Gasteiger partial charge on any atom is -0.420 e. The summed E-state index contributed by atoms with van der Waals surface area (Å²) in [6.07, 6.45) is 0. The topological polar surface area (TPSA) is 21.7 Å². The van der Waals surface area contributed by atoms with Crippen molar-refractivity contribution in [2.45, 2.75) is 17.2 Å². The van der Waals surface area contributed by atoms with Gasteiger partial charge in [-0.2, -0.15) is 0 Å². The molecule has 2 rings (SSSR count). The van der Waals surface area contributed by atoms with Crippen molar-refractivity contribution in [3.05, 3.63) is 24.3 Å². The second kappa shape index (κ2) is 5.33. The fraction of sp³-hybridized carbons (Fsp3) is 0.455. The van der Waals surface area contributed by atoms with Crippen LogP contribution in [-0.2, 0) is 9.31 Å². The molecule has 0 amide bonds.